The zero-order chi connectivity index (χ0) is 16.9. The van der Waals surface area contributed by atoms with Crippen molar-refractivity contribution in [2.45, 2.75) is 45.6 Å². The number of aryl methyl sites for hydroxylation is 1. The van der Waals surface area contributed by atoms with Crippen LogP contribution in [0.4, 0.5) is 0 Å². The van der Waals surface area contributed by atoms with Crippen molar-refractivity contribution < 1.29 is 0 Å². The first-order valence-electron chi connectivity index (χ1n) is 7.92. The summed E-state index contributed by atoms with van der Waals surface area (Å²) in [6.07, 6.45) is 4.05. The third kappa shape index (κ3) is 4.24. The number of rotatable bonds is 3. The summed E-state index contributed by atoms with van der Waals surface area (Å²) in [5, 5.41) is 9.75. The summed E-state index contributed by atoms with van der Waals surface area (Å²) in [4.78, 5) is 4.64. The number of nitrogens with zero attached hydrogens (tertiary/aromatic N) is 3. The average molecular weight is 305 g/mol. The fourth-order valence-corrected chi connectivity index (χ4v) is 2.36. The second-order valence-electron chi connectivity index (χ2n) is 6.58. The van der Waals surface area contributed by atoms with Gasteiger partial charge in [-0.15, -0.1) is 0 Å². The fraction of sp³-hybridized carbons (Fsp3) is 0.400. The third-order valence-electron chi connectivity index (χ3n) is 3.53. The van der Waals surface area contributed by atoms with Gasteiger partial charge in [0.25, 0.3) is 0 Å². The van der Waals surface area contributed by atoms with E-state index in [2.05, 4.69) is 60.4 Å². The molecule has 23 heavy (non-hydrogen) atoms. The number of benzene rings is 1. The Morgan fingerprint density at radius 2 is 1.96 bits per heavy atom. The number of para-hydroxylation sites is 1. The van der Waals surface area contributed by atoms with E-state index in [-0.39, 0.29) is 5.54 Å². The van der Waals surface area contributed by atoms with Crippen molar-refractivity contribution in [3.05, 3.63) is 35.5 Å². The van der Waals surface area contributed by atoms with Gasteiger partial charge in [-0.2, -0.15) is 5.26 Å². The highest BCUT2D eigenvalue weighted by atomic mass is 15.0. The number of hydrogen-bond donors (Lipinski definition) is 0. The van der Waals surface area contributed by atoms with Crippen molar-refractivity contribution in [1.82, 2.24) is 4.57 Å². The van der Waals surface area contributed by atoms with E-state index in [4.69, 9.17) is 5.26 Å². The van der Waals surface area contributed by atoms with E-state index in [1.807, 2.05) is 25.4 Å². The first-order chi connectivity index (χ1) is 10.9. The van der Waals surface area contributed by atoms with E-state index < -0.39 is 0 Å². The molecule has 0 spiro atoms. The zero-order valence-electron chi connectivity index (χ0n) is 14.3. The molecule has 2 aromatic rings. The van der Waals surface area contributed by atoms with Gasteiger partial charge in [0.15, 0.2) is 0 Å². The average Bonchev–Trinajstić information content (AvgIpc) is 2.77. The van der Waals surface area contributed by atoms with Crippen LogP contribution >= 0.6 is 0 Å². The lowest BCUT2D eigenvalue weighted by Crippen LogP contribution is -2.10. The maximum atomic E-state index is 8.60. The minimum Gasteiger partial charge on any atom is -0.342 e. The molecule has 0 saturated heterocycles. The smallest absolute Gasteiger partial charge is 0.0755 e. The molecular formula is C20H23N3. The minimum atomic E-state index is -0.117. The Balaban J connectivity index is 2.47. The van der Waals surface area contributed by atoms with Crippen LogP contribution in [0.5, 0.6) is 0 Å². The van der Waals surface area contributed by atoms with Crippen molar-refractivity contribution in [3.8, 4) is 17.9 Å². The molecule has 3 heteroatoms. The van der Waals surface area contributed by atoms with Gasteiger partial charge in [-0.05, 0) is 33.3 Å². The maximum Gasteiger partial charge on any atom is 0.0755 e. The predicted molar refractivity (Wildman–Crippen MR) is 96.6 cm³/mol. The SMILES string of the molecule is Cn1c(C=NC(C)(C)C)c(C#CCCCC#N)c2ccccc21. The van der Waals surface area contributed by atoms with Crippen LogP contribution in [0.25, 0.3) is 10.9 Å². The lowest BCUT2D eigenvalue weighted by Gasteiger charge is -2.11. The van der Waals surface area contributed by atoms with E-state index in [0.717, 1.165) is 35.0 Å². The number of aromatic nitrogens is 1. The van der Waals surface area contributed by atoms with Crippen molar-refractivity contribution in [2.24, 2.45) is 12.0 Å². The number of nitriles is 1. The topological polar surface area (TPSA) is 41.1 Å². The van der Waals surface area contributed by atoms with Gasteiger partial charge < -0.3 is 4.57 Å². The first-order valence-corrected chi connectivity index (χ1v) is 7.92. The highest BCUT2D eigenvalue weighted by Crippen LogP contribution is 2.24. The van der Waals surface area contributed by atoms with Crippen LogP contribution in [0.15, 0.2) is 29.3 Å². The predicted octanol–water partition coefficient (Wildman–Crippen LogP) is 4.44. The molecule has 0 unspecified atom stereocenters. The van der Waals surface area contributed by atoms with Crippen LogP contribution in [0, 0.1) is 23.2 Å². The molecule has 0 atom stereocenters. The van der Waals surface area contributed by atoms with Gasteiger partial charge in [-0.25, -0.2) is 0 Å². The van der Waals surface area contributed by atoms with Gasteiger partial charge in [0, 0.05) is 37.0 Å². The van der Waals surface area contributed by atoms with Gasteiger partial charge in [0.2, 0.25) is 0 Å². The van der Waals surface area contributed by atoms with Crippen LogP contribution in [0.1, 0.15) is 51.3 Å². The molecule has 1 aromatic carbocycles. The van der Waals surface area contributed by atoms with E-state index >= 15 is 0 Å². The lowest BCUT2D eigenvalue weighted by atomic mass is 10.1. The van der Waals surface area contributed by atoms with Crippen LogP contribution in [0.3, 0.4) is 0 Å². The lowest BCUT2D eigenvalue weighted by molar-refractivity contribution is 0.586. The Bertz CT molecular complexity index is 815. The Hall–Kier alpha value is -2.52. The fourth-order valence-electron chi connectivity index (χ4n) is 2.36. The van der Waals surface area contributed by atoms with Gasteiger partial charge >= 0.3 is 0 Å². The summed E-state index contributed by atoms with van der Waals surface area (Å²) in [5.41, 5.74) is 3.10. The second kappa shape index (κ2) is 7.16. The summed E-state index contributed by atoms with van der Waals surface area (Å²) in [5.74, 6) is 6.50. The van der Waals surface area contributed by atoms with E-state index in [0.29, 0.717) is 6.42 Å². The maximum absolute atomic E-state index is 8.60. The third-order valence-corrected chi connectivity index (χ3v) is 3.53. The molecule has 1 heterocycles. The molecule has 0 N–H and O–H groups in total. The number of fused-ring (bicyclic) bond motifs is 1. The summed E-state index contributed by atoms with van der Waals surface area (Å²) in [7, 11) is 2.05. The summed E-state index contributed by atoms with van der Waals surface area (Å²) < 4.78 is 2.14. The van der Waals surface area contributed by atoms with Crippen molar-refractivity contribution >= 4 is 17.1 Å². The summed E-state index contributed by atoms with van der Waals surface area (Å²) >= 11 is 0. The van der Waals surface area contributed by atoms with Crippen LogP contribution in [0.2, 0.25) is 0 Å². The standard InChI is InChI=1S/C20H23N3/c1-20(2,3)22-15-19-17(11-7-5-6-10-14-21)16-12-8-9-13-18(16)23(19)4/h8-9,12-13,15H,5-6,10H2,1-4H3. The molecule has 3 nitrogen and oxygen atoms in total. The Morgan fingerprint density at radius 3 is 2.65 bits per heavy atom. The Kier molecular flexibility index (Phi) is 5.24. The molecule has 0 aliphatic heterocycles. The molecule has 0 bridgehead atoms. The quantitative estimate of drug-likeness (QED) is 0.469. The molecule has 0 saturated carbocycles. The van der Waals surface area contributed by atoms with E-state index in [9.17, 15) is 0 Å². The highest BCUT2D eigenvalue weighted by Gasteiger charge is 2.13. The van der Waals surface area contributed by atoms with Crippen molar-refractivity contribution in [3.63, 3.8) is 0 Å². The van der Waals surface area contributed by atoms with Crippen LogP contribution < -0.4 is 0 Å². The normalized spacial score (nSPS) is 11.4. The van der Waals surface area contributed by atoms with Gasteiger partial charge in [0.05, 0.1) is 22.9 Å². The van der Waals surface area contributed by atoms with Crippen molar-refractivity contribution in [1.29, 1.82) is 5.26 Å². The molecule has 2 rings (SSSR count). The molecule has 118 valence electrons. The molecule has 0 fully saturated rings. The molecule has 0 radical (unpaired) electrons. The molecule has 1 aromatic heterocycles. The van der Waals surface area contributed by atoms with Crippen molar-refractivity contribution in [2.75, 3.05) is 0 Å². The molecule has 0 aliphatic carbocycles. The Labute approximate surface area is 138 Å². The number of hydrogen-bond acceptors (Lipinski definition) is 2. The molecule has 0 aliphatic rings. The van der Waals surface area contributed by atoms with Gasteiger partial charge in [-0.3, -0.25) is 4.99 Å². The zero-order valence-corrected chi connectivity index (χ0v) is 14.3. The number of aliphatic imine (C=N–C) groups is 1. The largest absolute Gasteiger partial charge is 0.342 e. The van der Waals surface area contributed by atoms with Gasteiger partial charge in [-0.1, -0.05) is 30.0 Å². The summed E-state index contributed by atoms with van der Waals surface area (Å²) in [6.45, 7) is 6.25. The highest BCUT2D eigenvalue weighted by molar-refractivity contribution is 5.97. The van der Waals surface area contributed by atoms with E-state index in [1.54, 1.807) is 0 Å². The molecule has 0 amide bonds. The molecular weight excluding hydrogens is 282 g/mol. The Morgan fingerprint density at radius 1 is 1.22 bits per heavy atom. The van der Waals surface area contributed by atoms with Crippen LogP contribution in [-0.4, -0.2) is 16.3 Å². The van der Waals surface area contributed by atoms with E-state index in [1.165, 1.54) is 0 Å². The van der Waals surface area contributed by atoms with Gasteiger partial charge in [0.1, 0.15) is 0 Å². The minimum absolute atomic E-state index is 0.117. The monoisotopic (exact) mass is 305 g/mol. The second-order valence-corrected chi connectivity index (χ2v) is 6.58. The summed E-state index contributed by atoms with van der Waals surface area (Å²) in [6, 6.07) is 10.4. The first kappa shape index (κ1) is 16.8. The van der Waals surface area contributed by atoms with Crippen LogP contribution in [-0.2, 0) is 7.05 Å². The number of unbranched alkanes of at least 4 members (excludes halogenated alkanes) is 2.